The second kappa shape index (κ2) is 5.28. The SMILES string of the molecule is CSc1cc(NC(C)C)cc2c1NC(C)(C)CC2C. The highest BCUT2D eigenvalue weighted by molar-refractivity contribution is 7.98. The van der Waals surface area contributed by atoms with Crippen molar-refractivity contribution < 1.29 is 0 Å². The lowest BCUT2D eigenvalue weighted by Crippen LogP contribution is -2.37. The molecule has 0 saturated heterocycles. The maximum absolute atomic E-state index is 3.72. The molecule has 1 aliphatic rings. The molecule has 3 heteroatoms. The molecule has 0 spiro atoms. The summed E-state index contributed by atoms with van der Waals surface area (Å²) in [5, 5.41) is 7.25. The fourth-order valence-corrected chi connectivity index (χ4v) is 3.62. The van der Waals surface area contributed by atoms with E-state index in [1.54, 1.807) is 0 Å². The molecule has 0 aromatic heterocycles. The Balaban J connectivity index is 2.46. The van der Waals surface area contributed by atoms with Gasteiger partial charge < -0.3 is 10.6 Å². The molecule has 0 saturated carbocycles. The van der Waals surface area contributed by atoms with Crippen molar-refractivity contribution in [1.29, 1.82) is 0 Å². The van der Waals surface area contributed by atoms with Crippen LogP contribution in [0.1, 0.15) is 52.5 Å². The van der Waals surface area contributed by atoms with Gasteiger partial charge in [0, 0.05) is 22.2 Å². The van der Waals surface area contributed by atoms with Gasteiger partial charge in [0.05, 0.1) is 5.69 Å². The first kappa shape index (κ1) is 14.6. The zero-order valence-electron chi connectivity index (χ0n) is 12.9. The molecule has 1 aromatic carbocycles. The normalized spacial score (nSPS) is 20.9. The molecule has 2 nitrogen and oxygen atoms in total. The van der Waals surface area contributed by atoms with Crippen LogP contribution >= 0.6 is 11.8 Å². The number of hydrogen-bond acceptors (Lipinski definition) is 3. The van der Waals surface area contributed by atoms with Crippen LogP contribution in [0.3, 0.4) is 0 Å². The van der Waals surface area contributed by atoms with Crippen molar-refractivity contribution in [2.24, 2.45) is 0 Å². The number of anilines is 2. The van der Waals surface area contributed by atoms with Crippen LogP contribution in [0.25, 0.3) is 0 Å². The van der Waals surface area contributed by atoms with Crippen molar-refractivity contribution in [2.45, 2.75) is 63.4 Å². The highest BCUT2D eigenvalue weighted by Crippen LogP contribution is 2.44. The molecule has 1 heterocycles. The van der Waals surface area contributed by atoms with Crippen LogP contribution in [0.4, 0.5) is 11.4 Å². The lowest BCUT2D eigenvalue weighted by atomic mass is 9.82. The first-order valence-corrected chi connectivity index (χ1v) is 8.31. The molecule has 1 atom stereocenters. The highest BCUT2D eigenvalue weighted by Gasteiger charge is 2.31. The van der Waals surface area contributed by atoms with Gasteiger partial charge in [-0.1, -0.05) is 6.92 Å². The smallest absolute Gasteiger partial charge is 0.0519 e. The van der Waals surface area contributed by atoms with Gasteiger partial charge in [-0.3, -0.25) is 0 Å². The number of benzene rings is 1. The summed E-state index contributed by atoms with van der Waals surface area (Å²) < 4.78 is 0. The minimum Gasteiger partial charge on any atom is -0.383 e. The summed E-state index contributed by atoms with van der Waals surface area (Å²) in [4.78, 5) is 1.35. The van der Waals surface area contributed by atoms with E-state index in [4.69, 9.17) is 0 Å². The Morgan fingerprint density at radius 2 is 2.05 bits per heavy atom. The molecule has 0 amide bonds. The maximum Gasteiger partial charge on any atom is 0.0519 e. The molecule has 2 N–H and O–H groups in total. The summed E-state index contributed by atoms with van der Waals surface area (Å²) in [6, 6.07) is 5.06. The van der Waals surface area contributed by atoms with Crippen LogP contribution in [-0.2, 0) is 0 Å². The third kappa shape index (κ3) is 3.19. The van der Waals surface area contributed by atoms with E-state index in [-0.39, 0.29) is 5.54 Å². The second-order valence-electron chi connectivity index (χ2n) is 6.56. The second-order valence-corrected chi connectivity index (χ2v) is 7.40. The lowest BCUT2D eigenvalue weighted by Gasteiger charge is -2.39. The zero-order chi connectivity index (χ0) is 14.2. The Hall–Kier alpha value is -0.830. The Labute approximate surface area is 121 Å². The van der Waals surface area contributed by atoms with Gasteiger partial charge in [-0.05, 0) is 64.0 Å². The minimum absolute atomic E-state index is 0.184. The number of hydrogen-bond donors (Lipinski definition) is 2. The summed E-state index contributed by atoms with van der Waals surface area (Å²) in [6.45, 7) is 11.3. The van der Waals surface area contributed by atoms with Crippen molar-refractivity contribution in [2.75, 3.05) is 16.9 Å². The summed E-state index contributed by atoms with van der Waals surface area (Å²) in [7, 11) is 0. The minimum atomic E-state index is 0.184. The number of rotatable bonds is 3. The zero-order valence-corrected chi connectivity index (χ0v) is 13.7. The molecular weight excluding hydrogens is 252 g/mol. The molecule has 2 rings (SSSR count). The average Bonchev–Trinajstić information content (AvgIpc) is 2.27. The molecule has 0 aliphatic carbocycles. The molecule has 0 fully saturated rings. The van der Waals surface area contributed by atoms with Crippen molar-refractivity contribution in [3.05, 3.63) is 17.7 Å². The predicted molar refractivity (Wildman–Crippen MR) is 87.7 cm³/mol. The Bertz CT molecular complexity index is 466. The van der Waals surface area contributed by atoms with Crippen LogP contribution < -0.4 is 10.6 Å². The van der Waals surface area contributed by atoms with E-state index in [1.165, 1.54) is 28.3 Å². The Kier molecular flexibility index (Phi) is 4.05. The third-order valence-corrected chi connectivity index (χ3v) is 4.38. The van der Waals surface area contributed by atoms with Crippen molar-refractivity contribution in [3.63, 3.8) is 0 Å². The van der Waals surface area contributed by atoms with Gasteiger partial charge in [0.1, 0.15) is 0 Å². The van der Waals surface area contributed by atoms with Gasteiger partial charge >= 0.3 is 0 Å². The predicted octanol–water partition coefficient (Wildman–Crippen LogP) is 4.93. The van der Waals surface area contributed by atoms with Gasteiger partial charge in [0.15, 0.2) is 0 Å². The Morgan fingerprint density at radius 3 is 2.63 bits per heavy atom. The molecule has 0 bridgehead atoms. The topological polar surface area (TPSA) is 24.1 Å². The van der Waals surface area contributed by atoms with E-state index in [9.17, 15) is 0 Å². The van der Waals surface area contributed by atoms with E-state index in [1.807, 2.05) is 11.8 Å². The highest BCUT2D eigenvalue weighted by atomic mass is 32.2. The van der Waals surface area contributed by atoms with Crippen LogP contribution in [0.2, 0.25) is 0 Å². The van der Waals surface area contributed by atoms with Gasteiger partial charge in [-0.15, -0.1) is 11.8 Å². The van der Waals surface area contributed by atoms with Crippen LogP contribution in [0.5, 0.6) is 0 Å². The fraction of sp³-hybridized carbons (Fsp3) is 0.625. The molecular formula is C16H26N2S. The van der Waals surface area contributed by atoms with Crippen LogP contribution in [0, 0.1) is 0 Å². The summed E-state index contributed by atoms with van der Waals surface area (Å²) in [5.74, 6) is 0.603. The monoisotopic (exact) mass is 278 g/mol. The molecule has 0 radical (unpaired) electrons. The lowest BCUT2D eigenvalue weighted by molar-refractivity contribution is 0.452. The molecule has 1 aliphatic heterocycles. The van der Waals surface area contributed by atoms with Gasteiger partial charge in [-0.2, -0.15) is 0 Å². The quantitative estimate of drug-likeness (QED) is 0.767. The fourth-order valence-electron chi connectivity index (χ4n) is 3.00. The summed E-state index contributed by atoms with van der Waals surface area (Å²) >= 11 is 1.82. The number of nitrogens with one attached hydrogen (secondary N) is 2. The first-order chi connectivity index (χ1) is 8.82. The third-order valence-electron chi connectivity index (χ3n) is 3.62. The van der Waals surface area contributed by atoms with E-state index in [0.29, 0.717) is 12.0 Å². The van der Waals surface area contributed by atoms with Gasteiger partial charge in [-0.25, -0.2) is 0 Å². The van der Waals surface area contributed by atoms with Gasteiger partial charge in [0.25, 0.3) is 0 Å². The van der Waals surface area contributed by atoms with Crippen molar-refractivity contribution >= 4 is 23.1 Å². The van der Waals surface area contributed by atoms with E-state index in [2.05, 4.69) is 63.6 Å². The molecule has 1 aromatic rings. The number of thioether (sulfide) groups is 1. The average molecular weight is 278 g/mol. The standard InChI is InChI=1S/C16H26N2S/c1-10(2)17-12-7-13-11(3)9-16(4,5)18-15(13)14(8-12)19-6/h7-8,10-11,17-18H,9H2,1-6H3. The largest absolute Gasteiger partial charge is 0.383 e. The molecule has 1 unspecified atom stereocenters. The molecule has 106 valence electrons. The summed E-state index contributed by atoms with van der Waals surface area (Å²) in [5.41, 5.74) is 4.22. The van der Waals surface area contributed by atoms with Crippen LogP contribution in [0.15, 0.2) is 17.0 Å². The van der Waals surface area contributed by atoms with E-state index < -0.39 is 0 Å². The van der Waals surface area contributed by atoms with E-state index in [0.717, 1.165) is 0 Å². The summed E-state index contributed by atoms with van der Waals surface area (Å²) in [6.07, 6.45) is 3.33. The molecule has 19 heavy (non-hydrogen) atoms. The van der Waals surface area contributed by atoms with E-state index >= 15 is 0 Å². The number of fused-ring (bicyclic) bond motifs is 1. The first-order valence-electron chi connectivity index (χ1n) is 7.09. The van der Waals surface area contributed by atoms with Crippen molar-refractivity contribution in [3.8, 4) is 0 Å². The van der Waals surface area contributed by atoms with Crippen LogP contribution in [-0.4, -0.2) is 17.8 Å². The van der Waals surface area contributed by atoms with Crippen molar-refractivity contribution in [1.82, 2.24) is 0 Å². The van der Waals surface area contributed by atoms with Gasteiger partial charge in [0.2, 0.25) is 0 Å². The maximum atomic E-state index is 3.72. The Morgan fingerprint density at radius 1 is 1.37 bits per heavy atom.